The van der Waals surface area contributed by atoms with Crippen molar-refractivity contribution in [2.75, 3.05) is 19.0 Å². The van der Waals surface area contributed by atoms with Gasteiger partial charge in [0.15, 0.2) is 12.2 Å². The molecule has 13 heteroatoms. The van der Waals surface area contributed by atoms with Gasteiger partial charge in [-0.2, -0.15) is 22.0 Å². The first-order valence-electron chi connectivity index (χ1n) is 9.22. The number of benzene rings is 1. The van der Waals surface area contributed by atoms with Crippen LogP contribution in [0.1, 0.15) is 29.9 Å². The topological polar surface area (TPSA) is 98.8 Å². The fourth-order valence-corrected chi connectivity index (χ4v) is 2.50. The lowest BCUT2D eigenvalue weighted by atomic mass is 9.92. The van der Waals surface area contributed by atoms with Gasteiger partial charge in [0.25, 0.3) is 11.9 Å². The van der Waals surface area contributed by atoms with Crippen LogP contribution < -0.4 is 15.8 Å². The van der Waals surface area contributed by atoms with Gasteiger partial charge in [-0.1, -0.05) is 0 Å². The molecule has 0 aliphatic heterocycles. The van der Waals surface area contributed by atoms with Gasteiger partial charge in [0, 0.05) is 12.7 Å². The summed E-state index contributed by atoms with van der Waals surface area (Å²) in [5, 5.41) is 2.27. The van der Waals surface area contributed by atoms with Crippen LogP contribution in [-0.2, 0) is 10.7 Å². The molecule has 1 amide bonds. The van der Waals surface area contributed by atoms with Crippen molar-refractivity contribution < 1.29 is 40.6 Å². The summed E-state index contributed by atoms with van der Waals surface area (Å²) in [6.45, 7) is 0.437. The fraction of sp³-hybridized carbons (Fsp3) is 0.350. The largest absolute Gasteiger partial charge is 0.483 e. The van der Waals surface area contributed by atoms with Crippen molar-refractivity contribution in [1.29, 1.82) is 0 Å². The fourth-order valence-electron chi connectivity index (χ4n) is 2.50. The molecule has 0 fully saturated rings. The van der Waals surface area contributed by atoms with Gasteiger partial charge in [0.2, 0.25) is 0 Å². The van der Waals surface area contributed by atoms with Crippen molar-refractivity contribution in [3.8, 4) is 5.75 Å². The summed E-state index contributed by atoms with van der Waals surface area (Å²) in [4.78, 5) is 19.4. The molecule has 0 radical (unpaired) electrons. The van der Waals surface area contributed by atoms with E-state index in [1.165, 1.54) is 7.05 Å². The Kier molecular flexibility index (Phi) is 7.45. The maximum Gasteiger partial charge on any atom is 0.422 e. The van der Waals surface area contributed by atoms with Gasteiger partial charge < -0.3 is 20.5 Å². The summed E-state index contributed by atoms with van der Waals surface area (Å²) < 4.78 is 90.3. The highest BCUT2D eigenvalue weighted by Crippen LogP contribution is 2.43. The standard InChI is InChI=1S/C20H20F6N4O3/c1-18(2,33-17(27)28-3)20(25,26)13-8-11(4-6-14(13)21)30-16(31)15-7-5-12(9-29-15)32-10-19(22,23)24/h4-9H,10H2,1-3H3,(H2,27,28)(H,30,31). The number of rotatable bonds is 7. The highest BCUT2D eigenvalue weighted by molar-refractivity contribution is 6.02. The Morgan fingerprint density at radius 3 is 2.36 bits per heavy atom. The maximum atomic E-state index is 15.0. The zero-order valence-corrected chi connectivity index (χ0v) is 17.6. The van der Waals surface area contributed by atoms with Crippen LogP contribution in [0.3, 0.4) is 0 Å². The van der Waals surface area contributed by atoms with Crippen molar-refractivity contribution >= 4 is 17.6 Å². The lowest BCUT2D eigenvalue weighted by molar-refractivity contribution is -0.162. The summed E-state index contributed by atoms with van der Waals surface area (Å²) in [5.74, 6) is -6.27. The number of nitrogens with one attached hydrogen (secondary N) is 1. The maximum absolute atomic E-state index is 15.0. The molecular weight excluding hydrogens is 458 g/mol. The Balaban J connectivity index is 2.21. The van der Waals surface area contributed by atoms with E-state index in [9.17, 15) is 22.4 Å². The second-order valence-electron chi connectivity index (χ2n) is 7.18. The number of aromatic nitrogens is 1. The number of carbonyl (C=O) groups excluding carboxylic acids is 1. The number of ether oxygens (including phenoxy) is 2. The second-order valence-corrected chi connectivity index (χ2v) is 7.18. The number of hydrogen-bond donors (Lipinski definition) is 2. The minimum absolute atomic E-state index is 0.191. The van der Waals surface area contributed by atoms with Gasteiger partial charge in [0.05, 0.1) is 11.8 Å². The van der Waals surface area contributed by atoms with Crippen LogP contribution in [0.4, 0.5) is 32.0 Å². The molecule has 0 saturated carbocycles. The molecule has 0 saturated heterocycles. The number of carbonyl (C=O) groups is 1. The molecule has 1 heterocycles. The molecule has 1 aromatic heterocycles. The molecule has 7 nitrogen and oxygen atoms in total. The van der Waals surface area contributed by atoms with E-state index in [1.54, 1.807) is 0 Å². The van der Waals surface area contributed by atoms with Crippen LogP contribution in [0, 0.1) is 5.82 Å². The molecule has 0 aliphatic carbocycles. The number of nitrogens with zero attached hydrogens (tertiary/aromatic N) is 2. The van der Waals surface area contributed by atoms with Crippen molar-refractivity contribution in [2.24, 2.45) is 10.7 Å². The Bertz CT molecular complexity index is 1020. The lowest BCUT2D eigenvalue weighted by Gasteiger charge is -2.34. The van der Waals surface area contributed by atoms with Gasteiger partial charge in [-0.05, 0) is 44.2 Å². The molecule has 0 unspecified atom stereocenters. The van der Waals surface area contributed by atoms with E-state index in [1.807, 2.05) is 0 Å². The van der Waals surface area contributed by atoms with E-state index in [0.717, 1.165) is 50.4 Å². The van der Waals surface area contributed by atoms with Gasteiger partial charge in [-0.25, -0.2) is 14.4 Å². The normalized spacial score (nSPS) is 12.9. The number of halogens is 6. The van der Waals surface area contributed by atoms with Crippen LogP contribution in [0.5, 0.6) is 5.75 Å². The predicted molar refractivity (Wildman–Crippen MR) is 107 cm³/mol. The third kappa shape index (κ3) is 6.49. The van der Waals surface area contributed by atoms with E-state index in [0.29, 0.717) is 0 Å². The van der Waals surface area contributed by atoms with Crippen molar-refractivity contribution in [3.05, 3.63) is 53.6 Å². The number of hydrogen-bond acceptors (Lipinski definition) is 5. The summed E-state index contributed by atoms with van der Waals surface area (Å²) in [6, 6.07) is 4.12. The minimum Gasteiger partial charge on any atom is -0.483 e. The lowest BCUT2D eigenvalue weighted by Crippen LogP contribution is -2.46. The quantitative estimate of drug-likeness (QED) is 0.352. The second kappa shape index (κ2) is 9.55. The summed E-state index contributed by atoms with van der Waals surface area (Å²) in [7, 11) is 1.23. The number of alkyl halides is 5. The first-order valence-corrected chi connectivity index (χ1v) is 9.22. The number of pyridine rings is 1. The van der Waals surface area contributed by atoms with E-state index in [-0.39, 0.29) is 17.1 Å². The third-order valence-corrected chi connectivity index (χ3v) is 4.27. The molecule has 33 heavy (non-hydrogen) atoms. The van der Waals surface area contributed by atoms with Crippen LogP contribution in [-0.4, -0.2) is 42.3 Å². The number of amides is 1. The summed E-state index contributed by atoms with van der Waals surface area (Å²) >= 11 is 0. The van der Waals surface area contributed by atoms with Crippen LogP contribution in [0.2, 0.25) is 0 Å². The molecule has 0 aliphatic rings. The first kappa shape index (κ1) is 25.7. The Morgan fingerprint density at radius 1 is 1.15 bits per heavy atom. The van der Waals surface area contributed by atoms with E-state index < -0.39 is 47.6 Å². The number of nitrogens with two attached hydrogens (primary N) is 1. The number of anilines is 1. The smallest absolute Gasteiger partial charge is 0.422 e. The molecule has 0 atom stereocenters. The van der Waals surface area contributed by atoms with E-state index >= 15 is 8.78 Å². The third-order valence-electron chi connectivity index (χ3n) is 4.27. The molecule has 0 spiro atoms. The zero-order valence-electron chi connectivity index (χ0n) is 17.6. The Labute approximate surface area is 184 Å². The predicted octanol–water partition coefficient (Wildman–Crippen LogP) is 4.25. The Morgan fingerprint density at radius 2 is 1.82 bits per heavy atom. The van der Waals surface area contributed by atoms with Gasteiger partial charge >= 0.3 is 12.1 Å². The van der Waals surface area contributed by atoms with Crippen molar-refractivity contribution in [2.45, 2.75) is 31.5 Å². The minimum atomic E-state index is -4.55. The van der Waals surface area contributed by atoms with Crippen LogP contribution >= 0.6 is 0 Å². The van der Waals surface area contributed by atoms with E-state index in [2.05, 4.69) is 20.0 Å². The number of aliphatic imine (C=N–C) groups is 1. The zero-order chi connectivity index (χ0) is 25.0. The molecule has 180 valence electrons. The molecular formula is C20H20F6N4O3. The molecule has 2 rings (SSSR count). The molecule has 0 bridgehead atoms. The summed E-state index contributed by atoms with van der Waals surface area (Å²) in [5.41, 5.74) is 1.55. The van der Waals surface area contributed by atoms with E-state index in [4.69, 9.17) is 10.5 Å². The van der Waals surface area contributed by atoms with Crippen molar-refractivity contribution in [3.63, 3.8) is 0 Å². The van der Waals surface area contributed by atoms with Gasteiger partial charge in [-0.3, -0.25) is 4.79 Å². The van der Waals surface area contributed by atoms with Gasteiger partial charge in [0.1, 0.15) is 17.3 Å². The van der Waals surface area contributed by atoms with Crippen LogP contribution in [0.25, 0.3) is 0 Å². The monoisotopic (exact) mass is 478 g/mol. The SMILES string of the molecule is CN=C(N)OC(C)(C)C(F)(F)c1cc(NC(=O)c2ccc(OCC(F)(F)F)cn2)ccc1F. The molecule has 2 aromatic rings. The highest BCUT2D eigenvalue weighted by Gasteiger charge is 2.52. The average molecular weight is 478 g/mol. The average Bonchev–Trinajstić information content (AvgIpc) is 2.72. The van der Waals surface area contributed by atoms with Crippen LogP contribution in [0.15, 0.2) is 41.5 Å². The highest BCUT2D eigenvalue weighted by atomic mass is 19.4. The first-order chi connectivity index (χ1) is 15.2. The molecule has 1 aromatic carbocycles. The summed E-state index contributed by atoms with van der Waals surface area (Å²) in [6.07, 6.45) is -3.66. The van der Waals surface area contributed by atoms with Crippen molar-refractivity contribution in [1.82, 2.24) is 4.98 Å². The number of amidine groups is 1. The molecule has 3 N–H and O–H groups in total. The Hall–Kier alpha value is -3.51. The van der Waals surface area contributed by atoms with Gasteiger partial charge in [-0.15, -0.1) is 0 Å².